The molecule has 0 unspecified atom stereocenters. The minimum absolute atomic E-state index is 0. The fraction of sp³-hybridized carbons (Fsp3) is 0.857. The molecule has 0 radical (unpaired) electrons. The summed E-state index contributed by atoms with van der Waals surface area (Å²) >= 11 is 0. The van der Waals surface area contributed by atoms with Crippen LogP contribution in [-0.4, -0.2) is 59.5 Å². The molecule has 0 aromatic carbocycles. The van der Waals surface area contributed by atoms with Crippen LogP contribution in [0.5, 0.6) is 0 Å². The first-order valence-corrected chi connectivity index (χ1v) is 7.10. The second-order valence-electron chi connectivity index (χ2n) is 6.41. The standard InChI is InChI=1S/C14H22O8.Na/c1-13(2)19-6-9(20-13)11-10(21-14(3,4)22-11)7(15)5-8(16)12(17)18;/h7,9-11,15H,5-6H2,1-4H3,(H,17,18);/q;+1/p-1/t7-,9+,10-,11-;/m0./s1. The molecule has 0 amide bonds. The van der Waals surface area contributed by atoms with Crippen molar-refractivity contribution in [2.24, 2.45) is 0 Å². The maximum absolute atomic E-state index is 11.2. The number of ketones is 1. The Morgan fingerprint density at radius 3 is 2.26 bits per heavy atom. The number of carboxylic acid groups (broad SMARTS) is 1. The van der Waals surface area contributed by atoms with Crippen molar-refractivity contribution in [1.82, 2.24) is 0 Å². The molecule has 0 bridgehead atoms. The molecule has 0 aromatic rings. The number of carbonyl (C=O) groups is 2. The number of carbonyl (C=O) groups excluding carboxylic acids is 2. The fourth-order valence-electron chi connectivity index (χ4n) is 2.67. The summed E-state index contributed by atoms with van der Waals surface area (Å²) in [5.41, 5.74) is 0. The number of aliphatic hydroxyl groups is 1. The van der Waals surface area contributed by atoms with Crippen LogP contribution in [-0.2, 0) is 28.5 Å². The smallest absolute Gasteiger partial charge is 0.542 e. The van der Waals surface area contributed by atoms with Crippen LogP contribution < -0.4 is 34.7 Å². The number of carboxylic acids is 1. The van der Waals surface area contributed by atoms with E-state index < -0.39 is 54.2 Å². The number of aliphatic carboxylic acids is 1. The fourth-order valence-corrected chi connectivity index (χ4v) is 2.67. The molecule has 1 N–H and O–H groups in total. The predicted molar refractivity (Wildman–Crippen MR) is 69.4 cm³/mol. The Morgan fingerprint density at radius 1 is 1.17 bits per heavy atom. The Kier molecular flexibility index (Phi) is 6.79. The van der Waals surface area contributed by atoms with Crippen molar-refractivity contribution in [3.63, 3.8) is 0 Å². The third kappa shape index (κ3) is 5.20. The molecule has 0 spiro atoms. The normalized spacial score (nSPS) is 33.0. The summed E-state index contributed by atoms with van der Waals surface area (Å²) in [5.74, 6) is -4.80. The molecule has 2 aliphatic heterocycles. The quantitative estimate of drug-likeness (QED) is 0.395. The van der Waals surface area contributed by atoms with E-state index in [0.29, 0.717) is 0 Å². The van der Waals surface area contributed by atoms with E-state index in [-0.39, 0.29) is 36.2 Å². The van der Waals surface area contributed by atoms with Gasteiger partial charge >= 0.3 is 29.6 Å². The second-order valence-corrected chi connectivity index (χ2v) is 6.41. The minimum Gasteiger partial charge on any atom is -0.542 e. The second kappa shape index (κ2) is 7.45. The largest absolute Gasteiger partial charge is 1.00 e. The topological polar surface area (TPSA) is 114 Å². The number of rotatable bonds is 5. The summed E-state index contributed by atoms with van der Waals surface area (Å²) in [6.45, 7) is 7.06. The number of hydrogen-bond donors (Lipinski definition) is 1. The molecular formula is C14H21NaO8. The van der Waals surface area contributed by atoms with E-state index >= 15 is 0 Å². The van der Waals surface area contributed by atoms with Crippen LogP contribution >= 0.6 is 0 Å². The molecule has 0 aromatic heterocycles. The average Bonchev–Trinajstić information content (AvgIpc) is 2.88. The van der Waals surface area contributed by atoms with Gasteiger partial charge in [-0.05, 0) is 27.7 Å². The molecule has 2 saturated heterocycles. The van der Waals surface area contributed by atoms with E-state index in [4.69, 9.17) is 18.9 Å². The summed E-state index contributed by atoms with van der Waals surface area (Å²) < 4.78 is 22.5. The van der Waals surface area contributed by atoms with Crippen molar-refractivity contribution < 1.29 is 68.3 Å². The van der Waals surface area contributed by atoms with Gasteiger partial charge in [0.25, 0.3) is 0 Å². The molecular weight excluding hydrogens is 319 g/mol. The van der Waals surface area contributed by atoms with Crippen molar-refractivity contribution in [1.29, 1.82) is 0 Å². The van der Waals surface area contributed by atoms with Crippen molar-refractivity contribution in [3.8, 4) is 0 Å². The third-order valence-electron chi connectivity index (χ3n) is 3.56. The van der Waals surface area contributed by atoms with Crippen LogP contribution in [0.15, 0.2) is 0 Å². The monoisotopic (exact) mass is 340 g/mol. The summed E-state index contributed by atoms with van der Waals surface area (Å²) in [6.07, 6.45) is -4.03. The van der Waals surface area contributed by atoms with Gasteiger partial charge in [-0.25, -0.2) is 0 Å². The van der Waals surface area contributed by atoms with Crippen molar-refractivity contribution >= 4 is 11.8 Å². The molecule has 23 heavy (non-hydrogen) atoms. The van der Waals surface area contributed by atoms with Gasteiger partial charge in [-0.15, -0.1) is 0 Å². The van der Waals surface area contributed by atoms with Crippen molar-refractivity contribution in [2.75, 3.05) is 6.61 Å². The van der Waals surface area contributed by atoms with Crippen molar-refractivity contribution in [2.45, 2.75) is 70.1 Å². The number of Topliss-reactive ketones (excluding diaryl/α,β-unsaturated/α-hetero) is 1. The predicted octanol–water partition coefficient (Wildman–Crippen LogP) is -4.27. The summed E-state index contributed by atoms with van der Waals surface area (Å²) in [5, 5.41) is 20.7. The molecule has 0 saturated carbocycles. The van der Waals surface area contributed by atoms with E-state index in [1.165, 1.54) is 0 Å². The van der Waals surface area contributed by atoms with Crippen LogP contribution in [0, 0.1) is 0 Å². The van der Waals surface area contributed by atoms with E-state index in [2.05, 4.69) is 0 Å². The zero-order valence-electron chi connectivity index (χ0n) is 14.0. The minimum atomic E-state index is -1.84. The third-order valence-corrected chi connectivity index (χ3v) is 3.56. The van der Waals surface area contributed by atoms with Crippen LogP contribution in [0.4, 0.5) is 0 Å². The number of ether oxygens (including phenoxy) is 4. The molecule has 2 aliphatic rings. The van der Waals surface area contributed by atoms with Gasteiger partial charge in [-0.2, -0.15) is 0 Å². The summed E-state index contributed by atoms with van der Waals surface area (Å²) in [6, 6.07) is 0. The van der Waals surface area contributed by atoms with Crippen LogP contribution in [0.25, 0.3) is 0 Å². The van der Waals surface area contributed by atoms with E-state index in [9.17, 15) is 19.8 Å². The maximum atomic E-state index is 11.2. The van der Waals surface area contributed by atoms with Gasteiger partial charge in [0.05, 0.1) is 12.7 Å². The molecule has 2 fully saturated rings. The molecule has 2 rings (SSSR count). The Labute approximate surface area is 156 Å². The van der Waals surface area contributed by atoms with E-state index in [1.807, 2.05) is 0 Å². The molecule has 126 valence electrons. The maximum Gasteiger partial charge on any atom is 1.00 e. The van der Waals surface area contributed by atoms with Crippen molar-refractivity contribution in [3.05, 3.63) is 0 Å². The average molecular weight is 340 g/mol. The first-order valence-electron chi connectivity index (χ1n) is 7.10. The zero-order valence-corrected chi connectivity index (χ0v) is 16.0. The van der Waals surface area contributed by atoms with Gasteiger partial charge in [0.2, 0.25) is 0 Å². The molecule has 8 nitrogen and oxygen atoms in total. The molecule has 0 aliphatic carbocycles. The van der Waals surface area contributed by atoms with E-state index in [1.54, 1.807) is 27.7 Å². The molecule has 9 heteroatoms. The first kappa shape index (κ1) is 21.0. The van der Waals surface area contributed by atoms with Gasteiger partial charge < -0.3 is 34.0 Å². The van der Waals surface area contributed by atoms with E-state index in [0.717, 1.165) is 0 Å². The van der Waals surface area contributed by atoms with Gasteiger partial charge in [0.1, 0.15) is 24.3 Å². The summed E-state index contributed by atoms with van der Waals surface area (Å²) in [7, 11) is 0. The Bertz CT molecular complexity index is 464. The number of hydrogen-bond acceptors (Lipinski definition) is 8. The van der Waals surface area contributed by atoms with Crippen LogP contribution in [0.2, 0.25) is 0 Å². The molecule has 4 atom stereocenters. The zero-order chi connectivity index (χ0) is 16.7. The van der Waals surface area contributed by atoms with Gasteiger partial charge in [-0.1, -0.05) is 0 Å². The van der Waals surface area contributed by atoms with Crippen LogP contribution in [0.3, 0.4) is 0 Å². The van der Waals surface area contributed by atoms with Gasteiger partial charge in [0.15, 0.2) is 17.4 Å². The van der Waals surface area contributed by atoms with Gasteiger partial charge in [0, 0.05) is 6.42 Å². The Morgan fingerprint density at radius 2 is 1.78 bits per heavy atom. The molecule has 2 heterocycles. The first-order chi connectivity index (χ1) is 10.0. The summed E-state index contributed by atoms with van der Waals surface area (Å²) in [4.78, 5) is 21.7. The Balaban J connectivity index is 0.00000264. The van der Waals surface area contributed by atoms with Crippen LogP contribution in [0.1, 0.15) is 34.1 Å². The SMILES string of the molecule is CC1(C)O[C@@H]([C@@H](O)CC(=O)C(=O)[O-])[C@H]([C@H]2COC(C)(C)O2)O1.[Na+]. The Hall–Kier alpha value is -0.0600. The number of aliphatic hydroxyl groups excluding tert-OH is 1. The van der Waals surface area contributed by atoms with Gasteiger partial charge in [-0.3, -0.25) is 4.79 Å².